The van der Waals surface area contributed by atoms with Crippen LogP contribution in [0.25, 0.3) is 0 Å². The number of phenolic OH excluding ortho intramolecular Hbond substituents is 1. The molecule has 0 bridgehead atoms. The summed E-state index contributed by atoms with van der Waals surface area (Å²) < 4.78 is 6.11. The van der Waals surface area contributed by atoms with Crippen molar-refractivity contribution in [1.29, 1.82) is 0 Å². The molecule has 3 aromatic rings. The summed E-state index contributed by atoms with van der Waals surface area (Å²) in [5.74, 6) is -0.0451. The van der Waals surface area contributed by atoms with Gasteiger partial charge >= 0.3 is 0 Å². The maximum Gasteiger partial charge on any atom is 0.257 e. The first-order valence-corrected chi connectivity index (χ1v) is 10.3. The average molecular weight is 438 g/mol. The Morgan fingerprint density at radius 3 is 2.26 bits per heavy atom. The van der Waals surface area contributed by atoms with Gasteiger partial charge in [0.15, 0.2) is 5.72 Å². The predicted molar refractivity (Wildman–Crippen MR) is 119 cm³/mol. The van der Waals surface area contributed by atoms with Crippen LogP contribution in [0.15, 0.2) is 66.7 Å². The van der Waals surface area contributed by atoms with Crippen LogP contribution < -0.4 is 0 Å². The van der Waals surface area contributed by atoms with Gasteiger partial charge in [0.05, 0.1) is 5.60 Å². The third-order valence-corrected chi connectivity index (χ3v) is 6.01. The summed E-state index contributed by atoms with van der Waals surface area (Å²) in [7, 11) is 1.57. The van der Waals surface area contributed by atoms with Gasteiger partial charge in [0.2, 0.25) is 0 Å². The summed E-state index contributed by atoms with van der Waals surface area (Å²) in [6, 6.07) is 19.4. The SMILES string of the molecule is COC1(c2ccc(Cl)cc2)c2ccc(C(C)(C)O)cc2C(=O)N1Cc1ccc(O)cc1. The maximum atomic E-state index is 13.7. The van der Waals surface area contributed by atoms with Gasteiger partial charge in [-0.05, 0) is 55.3 Å². The van der Waals surface area contributed by atoms with Crippen LogP contribution in [0.2, 0.25) is 5.02 Å². The second kappa shape index (κ2) is 7.68. The monoisotopic (exact) mass is 437 g/mol. The quantitative estimate of drug-likeness (QED) is 0.602. The van der Waals surface area contributed by atoms with Crippen molar-refractivity contribution in [3.05, 3.63) is 99.6 Å². The first kappa shape index (κ1) is 21.4. The van der Waals surface area contributed by atoms with Crippen LogP contribution in [-0.2, 0) is 22.6 Å². The van der Waals surface area contributed by atoms with Gasteiger partial charge < -0.3 is 14.9 Å². The van der Waals surface area contributed by atoms with Crippen LogP contribution in [0.3, 0.4) is 0 Å². The fourth-order valence-corrected chi connectivity index (χ4v) is 4.25. The van der Waals surface area contributed by atoms with Crippen molar-refractivity contribution < 1.29 is 19.7 Å². The highest BCUT2D eigenvalue weighted by molar-refractivity contribution is 6.30. The number of rotatable bonds is 5. The molecule has 5 nitrogen and oxygen atoms in total. The number of fused-ring (bicyclic) bond motifs is 1. The molecule has 1 heterocycles. The number of carbonyl (C=O) groups excluding carboxylic acids is 1. The molecule has 0 radical (unpaired) electrons. The zero-order valence-corrected chi connectivity index (χ0v) is 18.3. The molecule has 160 valence electrons. The first-order chi connectivity index (χ1) is 14.7. The molecule has 1 atom stereocenters. The van der Waals surface area contributed by atoms with Crippen LogP contribution in [0.4, 0.5) is 0 Å². The Morgan fingerprint density at radius 2 is 1.68 bits per heavy atom. The predicted octanol–water partition coefficient (Wildman–Crippen LogP) is 4.78. The number of nitrogens with zero attached hydrogens (tertiary/aromatic N) is 1. The molecule has 1 aliphatic heterocycles. The molecular formula is C25H24ClNO4. The minimum Gasteiger partial charge on any atom is -0.508 e. The van der Waals surface area contributed by atoms with E-state index in [1.165, 1.54) is 0 Å². The molecule has 1 amide bonds. The van der Waals surface area contributed by atoms with Crippen molar-refractivity contribution in [2.75, 3.05) is 7.11 Å². The number of halogens is 1. The van der Waals surface area contributed by atoms with Crippen LogP contribution in [0, 0.1) is 0 Å². The van der Waals surface area contributed by atoms with Crippen LogP contribution >= 0.6 is 11.6 Å². The van der Waals surface area contributed by atoms with E-state index in [1.54, 1.807) is 68.3 Å². The zero-order valence-electron chi connectivity index (χ0n) is 17.6. The fourth-order valence-electron chi connectivity index (χ4n) is 4.12. The van der Waals surface area contributed by atoms with Crippen molar-refractivity contribution in [1.82, 2.24) is 4.90 Å². The molecule has 6 heteroatoms. The third-order valence-electron chi connectivity index (χ3n) is 5.75. The van der Waals surface area contributed by atoms with Crippen molar-refractivity contribution in [2.45, 2.75) is 31.7 Å². The van der Waals surface area contributed by atoms with Gasteiger partial charge in [-0.25, -0.2) is 0 Å². The molecule has 0 saturated heterocycles. The van der Waals surface area contributed by atoms with E-state index in [0.29, 0.717) is 21.7 Å². The first-order valence-electron chi connectivity index (χ1n) is 9.95. The van der Waals surface area contributed by atoms with Gasteiger partial charge in [-0.2, -0.15) is 0 Å². The number of methoxy groups -OCH3 is 1. The summed E-state index contributed by atoms with van der Waals surface area (Å²) in [5.41, 5.74) is 1.19. The number of benzene rings is 3. The molecule has 3 aromatic carbocycles. The Kier molecular flexibility index (Phi) is 5.30. The molecule has 0 spiro atoms. The molecular weight excluding hydrogens is 414 g/mol. The van der Waals surface area contributed by atoms with Gasteiger partial charge in [-0.15, -0.1) is 0 Å². The minimum atomic E-state index is -1.16. The van der Waals surface area contributed by atoms with Crippen molar-refractivity contribution >= 4 is 17.5 Å². The molecule has 1 unspecified atom stereocenters. The lowest BCUT2D eigenvalue weighted by atomic mass is 9.89. The van der Waals surface area contributed by atoms with E-state index in [9.17, 15) is 15.0 Å². The number of amides is 1. The maximum absolute atomic E-state index is 13.7. The highest BCUT2D eigenvalue weighted by Crippen LogP contribution is 2.46. The Labute approximate surface area is 186 Å². The summed E-state index contributed by atoms with van der Waals surface area (Å²) in [4.78, 5) is 15.3. The van der Waals surface area contributed by atoms with Gasteiger partial charge in [-0.3, -0.25) is 9.69 Å². The number of phenols is 1. The van der Waals surface area contributed by atoms with E-state index in [0.717, 1.165) is 11.1 Å². The van der Waals surface area contributed by atoms with E-state index >= 15 is 0 Å². The number of aromatic hydroxyl groups is 1. The number of hydrogen-bond donors (Lipinski definition) is 2. The fraction of sp³-hybridized carbons (Fsp3) is 0.240. The Bertz CT molecular complexity index is 1120. The van der Waals surface area contributed by atoms with E-state index in [1.807, 2.05) is 24.3 Å². The van der Waals surface area contributed by atoms with Gasteiger partial charge in [0.1, 0.15) is 5.75 Å². The lowest BCUT2D eigenvalue weighted by molar-refractivity contribution is -0.0864. The standard InChI is InChI=1S/C25H24ClNO4/c1-24(2,30)18-8-13-22-21(14-18)23(29)27(15-16-4-11-20(28)12-5-16)25(22,31-3)17-6-9-19(26)10-7-17/h4-14,28,30H,15H2,1-3H3. The largest absolute Gasteiger partial charge is 0.508 e. The molecule has 2 N–H and O–H groups in total. The molecule has 31 heavy (non-hydrogen) atoms. The average Bonchev–Trinajstić information content (AvgIpc) is 2.98. The number of ether oxygens (including phenoxy) is 1. The molecule has 4 rings (SSSR count). The molecule has 0 aromatic heterocycles. The second-order valence-electron chi connectivity index (χ2n) is 8.23. The minimum absolute atomic E-state index is 0.158. The Balaban J connectivity index is 1.91. The van der Waals surface area contributed by atoms with Gasteiger partial charge in [-0.1, -0.05) is 48.0 Å². The third kappa shape index (κ3) is 3.59. The highest BCUT2D eigenvalue weighted by Gasteiger charge is 2.51. The smallest absolute Gasteiger partial charge is 0.257 e. The molecule has 1 aliphatic rings. The van der Waals surface area contributed by atoms with E-state index in [2.05, 4.69) is 0 Å². The molecule has 0 aliphatic carbocycles. The van der Waals surface area contributed by atoms with Crippen LogP contribution in [0.5, 0.6) is 5.75 Å². The number of carbonyl (C=O) groups is 1. The normalized spacial score (nSPS) is 18.4. The second-order valence-corrected chi connectivity index (χ2v) is 8.67. The molecule has 0 saturated carbocycles. The van der Waals surface area contributed by atoms with Crippen LogP contribution in [-0.4, -0.2) is 28.1 Å². The summed E-state index contributed by atoms with van der Waals surface area (Å²) >= 11 is 6.11. The zero-order chi connectivity index (χ0) is 22.4. The number of hydrogen-bond acceptors (Lipinski definition) is 4. The van der Waals surface area contributed by atoms with Crippen molar-refractivity contribution in [3.8, 4) is 5.75 Å². The van der Waals surface area contributed by atoms with E-state index < -0.39 is 11.3 Å². The van der Waals surface area contributed by atoms with Gasteiger partial charge in [0, 0.05) is 35.4 Å². The molecule has 0 fully saturated rings. The van der Waals surface area contributed by atoms with Crippen molar-refractivity contribution in [3.63, 3.8) is 0 Å². The Hall–Kier alpha value is -2.86. The lowest BCUT2D eigenvalue weighted by Gasteiger charge is -2.38. The highest BCUT2D eigenvalue weighted by atomic mass is 35.5. The van der Waals surface area contributed by atoms with Crippen LogP contribution in [0.1, 0.15) is 46.5 Å². The Morgan fingerprint density at radius 1 is 1.03 bits per heavy atom. The number of aliphatic hydroxyl groups is 1. The summed E-state index contributed by atoms with van der Waals surface area (Å²) in [6.45, 7) is 3.64. The summed E-state index contributed by atoms with van der Waals surface area (Å²) in [6.07, 6.45) is 0. The topological polar surface area (TPSA) is 70.0 Å². The van der Waals surface area contributed by atoms with E-state index in [4.69, 9.17) is 16.3 Å². The van der Waals surface area contributed by atoms with Crippen molar-refractivity contribution in [2.24, 2.45) is 0 Å². The van der Waals surface area contributed by atoms with E-state index in [-0.39, 0.29) is 18.2 Å². The summed E-state index contributed by atoms with van der Waals surface area (Å²) in [5, 5.41) is 20.7. The lowest BCUT2D eigenvalue weighted by Crippen LogP contribution is -2.45. The van der Waals surface area contributed by atoms with Gasteiger partial charge in [0.25, 0.3) is 5.91 Å².